The van der Waals surface area contributed by atoms with Gasteiger partial charge in [0.1, 0.15) is 0 Å². The maximum absolute atomic E-state index is 12.5. The van der Waals surface area contributed by atoms with Crippen molar-refractivity contribution < 1.29 is 13.2 Å². The first-order chi connectivity index (χ1) is 14.3. The maximum atomic E-state index is 12.5. The lowest BCUT2D eigenvalue weighted by Gasteiger charge is -2.23. The number of hydrogen-bond acceptors (Lipinski definition) is 3. The van der Waals surface area contributed by atoms with Crippen LogP contribution in [0.2, 0.25) is 0 Å². The third kappa shape index (κ3) is 7.13. The van der Waals surface area contributed by atoms with Gasteiger partial charge in [-0.05, 0) is 58.1 Å². The average molecular weight is 495 g/mol. The number of nitrogens with one attached hydrogen (secondary N) is 1. The van der Waals surface area contributed by atoms with Gasteiger partial charge in [-0.3, -0.25) is 9.10 Å². The van der Waals surface area contributed by atoms with Crippen molar-refractivity contribution in [3.05, 3.63) is 64.1 Å². The van der Waals surface area contributed by atoms with Crippen LogP contribution in [0.4, 0.5) is 5.69 Å². The van der Waals surface area contributed by atoms with E-state index in [0.717, 1.165) is 24.8 Å². The van der Waals surface area contributed by atoms with Crippen molar-refractivity contribution >= 4 is 37.5 Å². The van der Waals surface area contributed by atoms with Gasteiger partial charge in [0, 0.05) is 16.6 Å². The van der Waals surface area contributed by atoms with Crippen LogP contribution in [0.25, 0.3) is 0 Å². The molecule has 0 unspecified atom stereocenters. The average Bonchev–Trinajstić information content (AvgIpc) is 2.72. The van der Waals surface area contributed by atoms with Gasteiger partial charge in [-0.2, -0.15) is 0 Å². The Kier molecular flexibility index (Phi) is 9.37. The van der Waals surface area contributed by atoms with Crippen LogP contribution in [0, 0.1) is 5.92 Å². The SMILES string of the molecule is CCCC[C@@H](CC)CNC(=O)c1ccc(CN(c2ccccc2Br)S(C)(=O)=O)cc1. The molecule has 0 aliphatic heterocycles. The Bertz CT molecular complexity index is 930. The van der Waals surface area contributed by atoms with E-state index < -0.39 is 10.0 Å². The van der Waals surface area contributed by atoms with Crippen molar-refractivity contribution in [3.63, 3.8) is 0 Å². The standard InChI is InChI=1S/C23H31BrN2O3S/c1-4-6-9-18(5-2)16-25-23(27)20-14-12-19(13-15-20)17-26(30(3,28)29)22-11-8-7-10-21(22)24/h7-8,10-15,18H,4-6,9,16-17H2,1-3H3,(H,25,27)/t18-/m1/s1. The molecule has 0 aliphatic rings. The lowest BCUT2D eigenvalue weighted by atomic mass is 9.99. The molecule has 2 rings (SSSR count). The molecule has 30 heavy (non-hydrogen) atoms. The summed E-state index contributed by atoms with van der Waals surface area (Å²) in [5, 5.41) is 3.03. The molecule has 1 amide bonds. The molecule has 0 bridgehead atoms. The first-order valence-electron chi connectivity index (χ1n) is 10.4. The first kappa shape index (κ1) is 24.4. The lowest BCUT2D eigenvalue weighted by Crippen LogP contribution is -2.30. The molecule has 0 spiro atoms. The van der Waals surface area contributed by atoms with Gasteiger partial charge in [0.05, 0.1) is 18.5 Å². The van der Waals surface area contributed by atoms with Crippen LogP contribution in [0.3, 0.4) is 0 Å². The molecule has 2 aromatic rings. The van der Waals surface area contributed by atoms with Gasteiger partial charge >= 0.3 is 0 Å². The molecular weight excluding hydrogens is 464 g/mol. The number of carbonyl (C=O) groups excluding carboxylic acids is 1. The summed E-state index contributed by atoms with van der Waals surface area (Å²) in [6.07, 6.45) is 5.71. The number of nitrogens with zero attached hydrogens (tertiary/aromatic N) is 1. The highest BCUT2D eigenvalue weighted by molar-refractivity contribution is 9.10. The number of anilines is 1. The summed E-state index contributed by atoms with van der Waals surface area (Å²) < 4.78 is 26.8. The van der Waals surface area contributed by atoms with Gasteiger partial charge in [-0.15, -0.1) is 0 Å². The number of sulfonamides is 1. The Labute approximate surface area is 189 Å². The van der Waals surface area contributed by atoms with Crippen molar-refractivity contribution in [1.82, 2.24) is 5.32 Å². The minimum absolute atomic E-state index is 0.0951. The van der Waals surface area contributed by atoms with Crippen molar-refractivity contribution in [1.29, 1.82) is 0 Å². The lowest BCUT2D eigenvalue weighted by molar-refractivity contribution is 0.0946. The van der Waals surface area contributed by atoms with E-state index in [0.29, 0.717) is 28.2 Å². The Balaban J connectivity index is 2.07. The van der Waals surface area contributed by atoms with Gasteiger partial charge in [0.25, 0.3) is 5.91 Å². The summed E-state index contributed by atoms with van der Waals surface area (Å²) in [7, 11) is -3.47. The fourth-order valence-corrected chi connectivity index (χ4v) is 4.76. The minimum Gasteiger partial charge on any atom is -0.352 e. The Morgan fingerprint density at radius 1 is 1.10 bits per heavy atom. The number of benzene rings is 2. The molecule has 0 fully saturated rings. The summed E-state index contributed by atoms with van der Waals surface area (Å²) in [6.45, 7) is 5.20. The molecule has 0 aliphatic carbocycles. The number of hydrogen-bond donors (Lipinski definition) is 1. The molecule has 0 aromatic heterocycles. The molecule has 1 N–H and O–H groups in total. The largest absolute Gasteiger partial charge is 0.352 e. The molecule has 0 saturated carbocycles. The highest BCUT2D eigenvalue weighted by Gasteiger charge is 2.20. The molecule has 0 heterocycles. The van der Waals surface area contributed by atoms with E-state index in [9.17, 15) is 13.2 Å². The number of amides is 1. The van der Waals surface area contributed by atoms with Crippen LogP contribution in [0.15, 0.2) is 53.0 Å². The van der Waals surface area contributed by atoms with Gasteiger partial charge in [0.15, 0.2) is 0 Å². The molecular formula is C23H31BrN2O3S. The topological polar surface area (TPSA) is 66.5 Å². The van der Waals surface area contributed by atoms with Gasteiger partial charge in [-0.1, -0.05) is 57.4 Å². The van der Waals surface area contributed by atoms with Crippen LogP contribution < -0.4 is 9.62 Å². The monoisotopic (exact) mass is 494 g/mol. The second-order valence-electron chi connectivity index (χ2n) is 7.54. The summed E-state index contributed by atoms with van der Waals surface area (Å²) in [4.78, 5) is 12.5. The van der Waals surface area contributed by atoms with E-state index in [-0.39, 0.29) is 12.5 Å². The zero-order valence-corrected chi connectivity index (χ0v) is 20.3. The second kappa shape index (κ2) is 11.5. The smallest absolute Gasteiger partial charge is 0.251 e. The van der Waals surface area contributed by atoms with Crippen LogP contribution >= 0.6 is 15.9 Å². The second-order valence-corrected chi connectivity index (χ2v) is 10.3. The highest BCUT2D eigenvalue weighted by Crippen LogP contribution is 2.29. The van der Waals surface area contributed by atoms with Crippen molar-refractivity contribution in [2.45, 2.75) is 46.1 Å². The zero-order valence-electron chi connectivity index (χ0n) is 17.9. The summed E-state index contributed by atoms with van der Waals surface area (Å²) >= 11 is 3.42. The van der Waals surface area contributed by atoms with E-state index in [2.05, 4.69) is 35.1 Å². The fraction of sp³-hybridized carbons (Fsp3) is 0.435. The van der Waals surface area contributed by atoms with Crippen LogP contribution in [-0.4, -0.2) is 27.1 Å². The van der Waals surface area contributed by atoms with E-state index in [1.807, 2.05) is 12.1 Å². The Morgan fingerprint density at radius 3 is 2.33 bits per heavy atom. The number of rotatable bonds is 11. The molecule has 2 aromatic carbocycles. The molecule has 164 valence electrons. The Hall–Kier alpha value is -1.86. The molecule has 7 heteroatoms. The minimum atomic E-state index is -3.47. The van der Waals surface area contributed by atoms with Crippen LogP contribution in [-0.2, 0) is 16.6 Å². The Morgan fingerprint density at radius 2 is 1.77 bits per heavy atom. The molecule has 1 atom stereocenters. The van der Waals surface area contributed by atoms with E-state index >= 15 is 0 Å². The molecule has 5 nitrogen and oxygen atoms in total. The van der Waals surface area contributed by atoms with E-state index in [4.69, 9.17) is 0 Å². The van der Waals surface area contributed by atoms with Gasteiger partial charge in [0.2, 0.25) is 10.0 Å². The number of halogens is 1. The summed E-state index contributed by atoms with van der Waals surface area (Å²) in [5.74, 6) is 0.406. The number of carbonyl (C=O) groups is 1. The third-order valence-electron chi connectivity index (χ3n) is 5.16. The highest BCUT2D eigenvalue weighted by atomic mass is 79.9. The van der Waals surface area contributed by atoms with E-state index in [1.54, 1.807) is 36.4 Å². The fourth-order valence-electron chi connectivity index (χ4n) is 3.24. The van der Waals surface area contributed by atoms with Gasteiger partial charge < -0.3 is 5.32 Å². The van der Waals surface area contributed by atoms with Crippen molar-refractivity contribution in [2.24, 2.45) is 5.92 Å². The zero-order chi connectivity index (χ0) is 22.1. The van der Waals surface area contributed by atoms with Crippen LogP contribution in [0.5, 0.6) is 0 Å². The maximum Gasteiger partial charge on any atom is 0.251 e. The summed E-state index contributed by atoms with van der Waals surface area (Å²) in [5.41, 5.74) is 1.97. The van der Waals surface area contributed by atoms with Crippen LogP contribution in [0.1, 0.15) is 55.5 Å². The molecule has 0 radical (unpaired) electrons. The van der Waals surface area contributed by atoms with Crippen molar-refractivity contribution in [2.75, 3.05) is 17.1 Å². The number of unbranched alkanes of at least 4 members (excludes halogenated alkanes) is 1. The third-order valence-corrected chi connectivity index (χ3v) is 6.96. The normalized spacial score (nSPS) is 12.4. The first-order valence-corrected chi connectivity index (χ1v) is 13.0. The predicted octanol–water partition coefficient (Wildman–Crippen LogP) is 5.36. The predicted molar refractivity (Wildman–Crippen MR) is 127 cm³/mol. The molecule has 0 saturated heterocycles. The van der Waals surface area contributed by atoms with Gasteiger partial charge in [-0.25, -0.2) is 8.42 Å². The number of para-hydroxylation sites is 1. The summed E-state index contributed by atoms with van der Waals surface area (Å²) in [6, 6.07) is 14.3. The van der Waals surface area contributed by atoms with E-state index in [1.165, 1.54) is 17.0 Å². The quantitative estimate of drug-likeness (QED) is 0.456. The van der Waals surface area contributed by atoms with Crippen molar-refractivity contribution in [3.8, 4) is 0 Å².